The van der Waals surface area contributed by atoms with Gasteiger partial charge in [-0.1, -0.05) is 28.1 Å². The first-order valence-electron chi connectivity index (χ1n) is 8.29. The van der Waals surface area contributed by atoms with Crippen LogP contribution in [0.1, 0.15) is 5.56 Å². The highest BCUT2D eigenvalue weighted by molar-refractivity contribution is 9.10. The number of phenolic OH excluding ortho intramolecular Hbond substituents is 1. The SMILES string of the molecule is O=[N+]([O-])c1cc(Br)cc(C=Nc2ccc3oc(-c4ccccc4Br)nc3c2)c1O. The fourth-order valence-corrected chi connectivity index (χ4v) is 3.65. The predicted molar refractivity (Wildman–Crippen MR) is 117 cm³/mol. The van der Waals surface area contributed by atoms with E-state index in [0.29, 0.717) is 27.2 Å². The number of hydrogen-bond acceptors (Lipinski definition) is 6. The van der Waals surface area contributed by atoms with Crippen molar-refractivity contribution < 1.29 is 14.4 Å². The summed E-state index contributed by atoms with van der Waals surface area (Å²) in [5.74, 6) is 0.0366. The summed E-state index contributed by atoms with van der Waals surface area (Å²) < 4.78 is 7.15. The molecule has 7 nitrogen and oxygen atoms in total. The summed E-state index contributed by atoms with van der Waals surface area (Å²) in [7, 11) is 0. The molecule has 1 N–H and O–H groups in total. The van der Waals surface area contributed by atoms with E-state index in [0.717, 1.165) is 10.0 Å². The molecule has 0 fully saturated rings. The number of nitro groups is 1. The van der Waals surface area contributed by atoms with Crippen LogP contribution >= 0.6 is 31.9 Å². The molecule has 0 spiro atoms. The molecule has 3 aromatic carbocycles. The average Bonchev–Trinajstić information content (AvgIpc) is 3.11. The Morgan fingerprint density at radius 1 is 1.14 bits per heavy atom. The van der Waals surface area contributed by atoms with Crippen molar-refractivity contribution in [1.82, 2.24) is 4.98 Å². The van der Waals surface area contributed by atoms with E-state index >= 15 is 0 Å². The van der Waals surface area contributed by atoms with Gasteiger partial charge in [0, 0.05) is 26.8 Å². The van der Waals surface area contributed by atoms with Crippen molar-refractivity contribution in [3.05, 3.63) is 79.2 Å². The Labute approximate surface area is 181 Å². The van der Waals surface area contributed by atoms with Crippen LogP contribution in [0.4, 0.5) is 11.4 Å². The molecule has 0 aliphatic rings. The summed E-state index contributed by atoms with van der Waals surface area (Å²) in [6.45, 7) is 0. The van der Waals surface area contributed by atoms with Gasteiger partial charge in [-0.05, 0) is 52.3 Å². The van der Waals surface area contributed by atoms with Crippen LogP contribution in [0.5, 0.6) is 5.75 Å². The van der Waals surface area contributed by atoms with Crippen molar-refractivity contribution in [3.8, 4) is 17.2 Å². The van der Waals surface area contributed by atoms with Crippen LogP contribution in [-0.4, -0.2) is 21.2 Å². The van der Waals surface area contributed by atoms with Crippen molar-refractivity contribution in [2.24, 2.45) is 4.99 Å². The lowest BCUT2D eigenvalue weighted by Gasteiger charge is -2.01. The number of rotatable bonds is 4. The largest absolute Gasteiger partial charge is 0.502 e. The number of aromatic nitrogens is 1. The smallest absolute Gasteiger partial charge is 0.312 e. The van der Waals surface area contributed by atoms with E-state index in [-0.39, 0.29) is 5.56 Å². The third-order valence-corrected chi connectivity index (χ3v) is 5.26. The molecule has 144 valence electrons. The molecule has 9 heteroatoms. The number of aromatic hydroxyl groups is 1. The molecule has 0 saturated carbocycles. The Morgan fingerprint density at radius 3 is 2.69 bits per heavy atom. The minimum absolute atomic E-state index is 0.222. The van der Waals surface area contributed by atoms with Crippen molar-refractivity contribution in [3.63, 3.8) is 0 Å². The van der Waals surface area contributed by atoms with Gasteiger partial charge in [-0.15, -0.1) is 0 Å². The lowest BCUT2D eigenvalue weighted by Crippen LogP contribution is -1.92. The van der Waals surface area contributed by atoms with Gasteiger partial charge in [0.25, 0.3) is 0 Å². The molecule has 0 aliphatic carbocycles. The summed E-state index contributed by atoms with van der Waals surface area (Å²) in [6.07, 6.45) is 1.36. The fraction of sp³-hybridized carbons (Fsp3) is 0. The molecule has 1 aromatic heterocycles. The molecule has 0 bridgehead atoms. The maximum absolute atomic E-state index is 11.0. The second-order valence-corrected chi connectivity index (χ2v) is 7.80. The first-order chi connectivity index (χ1) is 13.9. The topological polar surface area (TPSA) is 102 Å². The molecule has 1 heterocycles. The van der Waals surface area contributed by atoms with Gasteiger partial charge in [0.05, 0.1) is 16.2 Å². The van der Waals surface area contributed by atoms with Crippen LogP contribution in [0.25, 0.3) is 22.6 Å². The molecule has 0 atom stereocenters. The van der Waals surface area contributed by atoms with Crippen LogP contribution < -0.4 is 0 Å². The molecule has 0 radical (unpaired) electrons. The average molecular weight is 517 g/mol. The minimum atomic E-state index is -0.651. The first kappa shape index (κ1) is 19.3. The Balaban J connectivity index is 1.69. The lowest BCUT2D eigenvalue weighted by atomic mass is 10.2. The minimum Gasteiger partial charge on any atom is -0.502 e. The Morgan fingerprint density at radius 2 is 1.93 bits per heavy atom. The van der Waals surface area contributed by atoms with E-state index in [4.69, 9.17) is 4.42 Å². The maximum atomic E-state index is 11.0. The van der Waals surface area contributed by atoms with E-state index in [1.165, 1.54) is 12.3 Å². The van der Waals surface area contributed by atoms with Gasteiger partial charge in [-0.3, -0.25) is 15.1 Å². The predicted octanol–water partition coefficient (Wildman–Crippen LogP) is 6.38. The second kappa shape index (κ2) is 7.76. The summed E-state index contributed by atoms with van der Waals surface area (Å²) in [5.41, 5.74) is 2.45. The summed E-state index contributed by atoms with van der Waals surface area (Å²) in [4.78, 5) is 19.2. The number of benzene rings is 3. The number of nitrogens with zero attached hydrogens (tertiary/aromatic N) is 3. The van der Waals surface area contributed by atoms with Gasteiger partial charge in [-0.25, -0.2) is 4.98 Å². The lowest BCUT2D eigenvalue weighted by molar-refractivity contribution is -0.385. The highest BCUT2D eigenvalue weighted by Crippen LogP contribution is 2.34. The van der Waals surface area contributed by atoms with Crippen LogP contribution in [0.2, 0.25) is 0 Å². The van der Waals surface area contributed by atoms with Crippen LogP contribution in [0.15, 0.2) is 73.0 Å². The van der Waals surface area contributed by atoms with Gasteiger partial charge in [0.1, 0.15) is 5.52 Å². The van der Waals surface area contributed by atoms with Crippen molar-refractivity contribution in [2.75, 3.05) is 0 Å². The summed E-state index contributed by atoms with van der Waals surface area (Å²) >= 11 is 6.69. The molecule has 0 saturated heterocycles. The first-order valence-corrected chi connectivity index (χ1v) is 9.87. The van der Waals surface area contributed by atoms with Gasteiger partial charge in [0.2, 0.25) is 11.6 Å². The van der Waals surface area contributed by atoms with Crippen molar-refractivity contribution >= 4 is 60.5 Å². The zero-order valence-corrected chi connectivity index (χ0v) is 17.7. The number of aliphatic imine (C=N–C) groups is 1. The zero-order valence-electron chi connectivity index (χ0n) is 14.5. The number of hydrogen-bond donors (Lipinski definition) is 1. The molecule has 0 amide bonds. The van der Waals surface area contributed by atoms with Gasteiger partial charge < -0.3 is 9.52 Å². The molecule has 0 unspecified atom stereocenters. The standard InChI is InChI=1S/C20H11Br2N3O4/c21-12-7-11(19(26)17(8-12)25(27)28)10-23-13-5-6-18-16(9-13)24-20(29-18)14-3-1-2-4-15(14)22/h1-10,26H. The number of fused-ring (bicyclic) bond motifs is 1. The van der Waals surface area contributed by atoms with E-state index in [1.54, 1.807) is 24.3 Å². The number of nitro benzene ring substituents is 1. The molecular weight excluding hydrogens is 506 g/mol. The Hall–Kier alpha value is -3.04. The monoisotopic (exact) mass is 515 g/mol. The molecular formula is C20H11Br2N3O4. The van der Waals surface area contributed by atoms with Crippen LogP contribution in [0.3, 0.4) is 0 Å². The molecule has 29 heavy (non-hydrogen) atoms. The fourth-order valence-electron chi connectivity index (χ4n) is 2.73. The van der Waals surface area contributed by atoms with Crippen LogP contribution in [0, 0.1) is 10.1 Å². The van der Waals surface area contributed by atoms with Gasteiger partial charge in [-0.2, -0.15) is 0 Å². The Bertz CT molecular complexity index is 1280. The molecule has 4 aromatic rings. The van der Waals surface area contributed by atoms with E-state index in [9.17, 15) is 15.2 Å². The summed E-state index contributed by atoms with van der Waals surface area (Å²) in [5, 5.41) is 21.2. The molecule has 4 rings (SSSR count). The van der Waals surface area contributed by atoms with Gasteiger partial charge >= 0.3 is 5.69 Å². The zero-order chi connectivity index (χ0) is 20.5. The number of oxazole rings is 1. The molecule has 0 aliphatic heterocycles. The number of halogens is 2. The van der Waals surface area contributed by atoms with E-state index in [1.807, 2.05) is 24.3 Å². The maximum Gasteiger partial charge on any atom is 0.312 e. The van der Waals surface area contributed by atoms with Crippen LogP contribution in [-0.2, 0) is 0 Å². The van der Waals surface area contributed by atoms with Gasteiger partial charge in [0.15, 0.2) is 5.58 Å². The Kier molecular flexibility index (Phi) is 5.16. The third-order valence-electron chi connectivity index (χ3n) is 4.11. The highest BCUT2D eigenvalue weighted by atomic mass is 79.9. The van der Waals surface area contributed by atoms with Crippen molar-refractivity contribution in [2.45, 2.75) is 0 Å². The normalized spacial score (nSPS) is 11.4. The van der Waals surface area contributed by atoms with E-state index in [2.05, 4.69) is 41.8 Å². The second-order valence-electron chi connectivity index (χ2n) is 6.03. The quantitative estimate of drug-likeness (QED) is 0.192. The highest BCUT2D eigenvalue weighted by Gasteiger charge is 2.17. The van der Waals surface area contributed by atoms with E-state index < -0.39 is 16.4 Å². The number of phenols is 1. The third kappa shape index (κ3) is 3.92. The van der Waals surface area contributed by atoms with Crippen molar-refractivity contribution in [1.29, 1.82) is 0 Å². The summed E-state index contributed by atoms with van der Waals surface area (Å²) in [6, 6.07) is 15.6.